The summed E-state index contributed by atoms with van der Waals surface area (Å²) in [4.78, 5) is 8.59. The highest BCUT2D eigenvalue weighted by Gasteiger charge is 2.25. The molecule has 1 aliphatic rings. The lowest BCUT2D eigenvalue weighted by atomic mass is 10.2. The molecule has 0 aromatic carbocycles. The first-order chi connectivity index (χ1) is 7.88. The van der Waals surface area contributed by atoms with Gasteiger partial charge >= 0.3 is 5.82 Å². The fourth-order valence-corrected chi connectivity index (χ4v) is 1.90. The van der Waals surface area contributed by atoms with E-state index in [2.05, 4.69) is 25.1 Å². The van der Waals surface area contributed by atoms with Gasteiger partial charge in [-0.15, -0.1) is 0 Å². The summed E-state index contributed by atoms with van der Waals surface area (Å²) in [5, 5.41) is 6.49. The van der Waals surface area contributed by atoms with E-state index in [4.69, 9.17) is 5.73 Å². The Morgan fingerprint density at radius 1 is 1.44 bits per heavy atom. The summed E-state index contributed by atoms with van der Waals surface area (Å²) in [6, 6.07) is 0. The number of nitrogens with one attached hydrogen (secondary N) is 2. The number of H-pyrrole nitrogens is 1. The van der Waals surface area contributed by atoms with Gasteiger partial charge in [-0.05, 0) is 0 Å². The fraction of sp³-hybridized carbons (Fsp3) is 0.300. The number of fused-ring (bicyclic) bond motifs is 1. The van der Waals surface area contributed by atoms with Crippen molar-refractivity contribution in [2.75, 3.05) is 11.9 Å². The van der Waals surface area contributed by atoms with E-state index in [0.717, 1.165) is 35.9 Å². The van der Waals surface area contributed by atoms with Crippen molar-refractivity contribution in [3.63, 3.8) is 0 Å². The average molecular weight is 217 g/mol. The maximum absolute atomic E-state index is 5.55. The SMILES string of the molecule is NCc1cncc(-c2c[nH][n+]3c2NCC3)n1. The van der Waals surface area contributed by atoms with Crippen molar-refractivity contribution < 1.29 is 4.68 Å². The zero-order valence-electron chi connectivity index (χ0n) is 8.77. The van der Waals surface area contributed by atoms with Crippen LogP contribution in [0.1, 0.15) is 5.69 Å². The quantitative estimate of drug-likeness (QED) is 0.600. The Balaban J connectivity index is 2.08. The molecule has 6 heteroatoms. The molecule has 0 spiro atoms. The molecule has 6 nitrogen and oxygen atoms in total. The van der Waals surface area contributed by atoms with Crippen LogP contribution in [0, 0.1) is 0 Å². The zero-order chi connectivity index (χ0) is 11.0. The van der Waals surface area contributed by atoms with Gasteiger partial charge in [-0.3, -0.25) is 10.3 Å². The maximum atomic E-state index is 5.55. The molecular weight excluding hydrogens is 204 g/mol. The second kappa shape index (κ2) is 3.57. The van der Waals surface area contributed by atoms with Crippen molar-refractivity contribution in [1.29, 1.82) is 0 Å². The number of hydrogen-bond acceptors (Lipinski definition) is 4. The van der Waals surface area contributed by atoms with Crippen LogP contribution in [-0.2, 0) is 13.1 Å². The molecule has 2 aromatic heterocycles. The molecule has 0 amide bonds. The summed E-state index contributed by atoms with van der Waals surface area (Å²) in [6.45, 7) is 2.32. The third-order valence-corrected chi connectivity index (χ3v) is 2.69. The molecule has 3 heterocycles. The predicted octanol–water partition coefficient (Wildman–Crippen LogP) is -0.357. The predicted molar refractivity (Wildman–Crippen MR) is 58.4 cm³/mol. The van der Waals surface area contributed by atoms with Crippen molar-refractivity contribution in [2.45, 2.75) is 13.1 Å². The van der Waals surface area contributed by atoms with Crippen molar-refractivity contribution in [1.82, 2.24) is 15.1 Å². The van der Waals surface area contributed by atoms with Gasteiger partial charge in [0.2, 0.25) is 0 Å². The standard InChI is InChI=1S/C10H12N6/c11-3-7-4-12-6-9(15-7)8-5-14-16-2-1-13-10(8)16/h4-6H,1-3,11H2,(H,13,14,15)/p+1. The highest BCUT2D eigenvalue weighted by atomic mass is 15.4. The highest BCUT2D eigenvalue weighted by molar-refractivity contribution is 5.69. The van der Waals surface area contributed by atoms with E-state index in [1.54, 1.807) is 12.4 Å². The molecule has 2 aromatic rings. The monoisotopic (exact) mass is 217 g/mol. The van der Waals surface area contributed by atoms with Crippen LogP contribution in [0.4, 0.5) is 5.82 Å². The van der Waals surface area contributed by atoms with Crippen LogP contribution in [0.25, 0.3) is 11.3 Å². The van der Waals surface area contributed by atoms with E-state index in [1.807, 2.05) is 6.20 Å². The molecule has 0 unspecified atom stereocenters. The summed E-state index contributed by atoms with van der Waals surface area (Å²) in [7, 11) is 0. The molecule has 0 atom stereocenters. The number of rotatable bonds is 2. The van der Waals surface area contributed by atoms with Crippen molar-refractivity contribution in [3.8, 4) is 11.3 Å². The van der Waals surface area contributed by atoms with Crippen LogP contribution in [0.15, 0.2) is 18.6 Å². The minimum absolute atomic E-state index is 0.411. The van der Waals surface area contributed by atoms with Crippen LogP contribution < -0.4 is 15.7 Å². The van der Waals surface area contributed by atoms with Crippen LogP contribution in [0.2, 0.25) is 0 Å². The Bertz CT molecular complexity index is 518. The Morgan fingerprint density at radius 2 is 2.38 bits per heavy atom. The Morgan fingerprint density at radius 3 is 3.25 bits per heavy atom. The van der Waals surface area contributed by atoms with Gasteiger partial charge in [0.25, 0.3) is 0 Å². The molecule has 4 N–H and O–H groups in total. The van der Waals surface area contributed by atoms with Gasteiger partial charge in [-0.2, -0.15) is 4.68 Å². The van der Waals surface area contributed by atoms with E-state index in [0.29, 0.717) is 6.54 Å². The van der Waals surface area contributed by atoms with E-state index in [9.17, 15) is 0 Å². The number of hydrogen-bond donors (Lipinski definition) is 3. The van der Waals surface area contributed by atoms with Crippen LogP contribution in [0.3, 0.4) is 0 Å². The Labute approximate surface area is 92.5 Å². The lowest BCUT2D eigenvalue weighted by Crippen LogP contribution is -2.32. The Hall–Kier alpha value is -1.95. The lowest BCUT2D eigenvalue weighted by Gasteiger charge is -1.99. The van der Waals surface area contributed by atoms with Crippen molar-refractivity contribution in [2.24, 2.45) is 5.73 Å². The number of nitrogens with two attached hydrogens (primary N) is 1. The van der Waals surface area contributed by atoms with Gasteiger partial charge < -0.3 is 5.73 Å². The molecular formula is C10H13N6+. The summed E-state index contributed by atoms with van der Waals surface area (Å²) in [5.74, 6) is 1.07. The first kappa shape index (κ1) is 9.29. The maximum Gasteiger partial charge on any atom is 0.304 e. The molecule has 0 aliphatic carbocycles. The summed E-state index contributed by atoms with van der Waals surface area (Å²) in [5.41, 5.74) is 8.25. The summed E-state index contributed by atoms with van der Waals surface area (Å²) < 4.78 is 2.06. The van der Waals surface area contributed by atoms with Gasteiger partial charge in [0, 0.05) is 12.7 Å². The first-order valence-corrected chi connectivity index (χ1v) is 5.25. The van der Waals surface area contributed by atoms with Crippen LogP contribution in [-0.4, -0.2) is 21.6 Å². The second-order valence-corrected chi connectivity index (χ2v) is 3.71. The zero-order valence-corrected chi connectivity index (χ0v) is 8.77. The minimum Gasteiger partial charge on any atom is -0.325 e. The largest absolute Gasteiger partial charge is 0.325 e. The fourth-order valence-electron chi connectivity index (χ4n) is 1.90. The summed E-state index contributed by atoms with van der Waals surface area (Å²) in [6.07, 6.45) is 5.38. The highest BCUT2D eigenvalue weighted by Crippen LogP contribution is 2.23. The number of aromatic nitrogens is 4. The minimum atomic E-state index is 0.411. The smallest absolute Gasteiger partial charge is 0.304 e. The third-order valence-electron chi connectivity index (χ3n) is 2.69. The van der Waals surface area contributed by atoms with Gasteiger partial charge in [0.1, 0.15) is 18.7 Å². The topological polar surface area (TPSA) is 83.5 Å². The van der Waals surface area contributed by atoms with Gasteiger partial charge in [-0.25, -0.2) is 10.1 Å². The molecule has 0 fully saturated rings. The van der Waals surface area contributed by atoms with E-state index < -0.39 is 0 Å². The van der Waals surface area contributed by atoms with E-state index in [1.165, 1.54) is 0 Å². The van der Waals surface area contributed by atoms with Crippen LogP contribution >= 0.6 is 0 Å². The molecule has 0 saturated carbocycles. The van der Waals surface area contributed by atoms with Gasteiger partial charge in [0.15, 0.2) is 0 Å². The third kappa shape index (κ3) is 1.35. The van der Waals surface area contributed by atoms with E-state index >= 15 is 0 Å². The van der Waals surface area contributed by atoms with E-state index in [-0.39, 0.29) is 0 Å². The Kier molecular flexibility index (Phi) is 2.07. The molecule has 0 bridgehead atoms. The molecule has 0 saturated heterocycles. The normalized spacial score (nSPS) is 13.6. The van der Waals surface area contributed by atoms with Crippen molar-refractivity contribution >= 4 is 5.82 Å². The number of aromatic amines is 1. The second-order valence-electron chi connectivity index (χ2n) is 3.71. The molecule has 16 heavy (non-hydrogen) atoms. The van der Waals surface area contributed by atoms with Crippen molar-refractivity contribution in [3.05, 3.63) is 24.3 Å². The molecule has 3 rings (SSSR count). The van der Waals surface area contributed by atoms with Crippen LogP contribution in [0.5, 0.6) is 0 Å². The number of nitrogens with zero attached hydrogens (tertiary/aromatic N) is 3. The van der Waals surface area contributed by atoms with Gasteiger partial charge in [-0.1, -0.05) is 0 Å². The molecule has 82 valence electrons. The first-order valence-electron chi connectivity index (χ1n) is 5.25. The van der Waals surface area contributed by atoms with Gasteiger partial charge in [0.05, 0.1) is 23.8 Å². The lowest BCUT2D eigenvalue weighted by molar-refractivity contribution is -0.725. The summed E-state index contributed by atoms with van der Waals surface area (Å²) >= 11 is 0. The number of anilines is 1. The molecule has 0 radical (unpaired) electrons. The molecule has 1 aliphatic heterocycles. The average Bonchev–Trinajstić information content (AvgIpc) is 2.90.